The van der Waals surface area contributed by atoms with Crippen LogP contribution < -0.4 is 5.14 Å². The van der Waals surface area contributed by atoms with Crippen molar-refractivity contribution >= 4 is 17.4 Å². The Bertz CT molecular complexity index is 328. The molecule has 0 spiro atoms. The highest BCUT2D eigenvalue weighted by molar-refractivity contribution is 7.92. The van der Waals surface area contributed by atoms with Crippen LogP contribution >= 0.6 is 0 Å². The third-order valence-corrected chi connectivity index (χ3v) is 1.75. The topological polar surface area (TPSA) is 49.1 Å². The Balaban J connectivity index is 2.90. The highest BCUT2D eigenvalue weighted by atomic mass is 32.2. The summed E-state index contributed by atoms with van der Waals surface area (Å²) in [5.74, 6) is -1.36. The van der Waals surface area contributed by atoms with Crippen LogP contribution in [0, 0.1) is 11.6 Å². The van der Waals surface area contributed by atoms with Gasteiger partial charge in [-0.25, -0.2) is 8.78 Å². The van der Waals surface area contributed by atoms with Crippen molar-refractivity contribution in [1.82, 2.24) is 0 Å². The van der Waals surface area contributed by atoms with Gasteiger partial charge in [0, 0.05) is 11.6 Å². The van der Waals surface area contributed by atoms with Gasteiger partial charge in [-0.05, 0) is 18.2 Å². The minimum absolute atomic E-state index is 0.153. The molecule has 0 aliphatic rings. The van der Waals surface area contributed by atoms with Crippen molar-refractivity contribution in [3.63, 3.8) is 0 Å². The molecule has 0 saturated carbocycles. The lowest BCUT2D eigenvalue weighted by Gasteiger charge is -1.97. The molecule has 1 aromatic carbocycles. The van der Waals surface area contributed by atoms with Crippen molar-refractivity contribution in [2.45, 2.75) is 0 Å². The standard InChI is InChI=1S/C8H7F2NOS/c9-7-2-1-6(8(10)5-7)3-4-13(11)12/h1-5H,11H2/b4-3+. The molecular weight excluding hydrogens is 196 g/mol. The van der Waals surface area contributed by atoms with Crippen LogP contribution in [-0.2, 0) is 11.4 Å². The first-order valence-corrected chi connectivity index (χ1v) is 4.65. The van der Waals surface area contributed by atoms with Crippen molar-refractivity contribution in [3.05, 3.63) is 40.8 Å². The maximum absolute atomic E-state index is 12.9. The van der Waals surface area contributed by atoms with Crippen molar-refractivity contribution in [2.24, 2.45) is 5.14 Å². The van der Waals surface area contributed by atoms with Gasteiger partial charge in [0.05, 0.1) is 11.4 Å². The summed E-state index contributed by atoms with van der Waals surface area (Å²) in [6, 6.07) is 3.11. The molecule has 5 heteroatoms. The maximum Gasteiger partial charge on any atom is 0.139 e. The smallest absolute Gasteiger partial charge is 0.139 e. The van der Waals surface area contributed by atoms with E-state index in [2.05, 4.69) is 0 Å². The Morgan fingerprint density at radius 1 is 1.38 bits per heavy atom. The Morgan fingerprint density at radius 2 is 2.08 bits per heavy atom. The molecule has 70 valence electrons. The SMILES string of the molecule is N[S+]([O-])/C=C/c1ccc(F)cc1F. The van der Waals surface area contributed by atoms with Crippen molar-refractivity contribution in [1.29, 1.82) is 0 Å². The predicted octanol–water partition coefficient (Wildman–Crippen LogP) is 1.56. The molecule has 0 radical (unpaired) electrons. The monoisotopic (exact) mass is 203 g/mol. The van der Waals surface area contributed by atoms with Crippen LogP contribution in [-0.4, -0.2) is 4.55 Å². The van der Waals surface area contributed by atoms with Crippen molar-refractivity contribution in [2.75, 3.05) is 0 Å². The molecule has 2 N–H and O–H groups in total. The highest BCUT2D eigenvalue weighted by Gasteiger charge is 2.00. The van der Waals surface area contributed by atoms with Crippen LogP contribution in [0.2, 0.25) is 0 Å². The van der Waals surface area contributed by atoms with Crippen molar-refractivity contribution < 1.29 is 13.3 Å². The summed E-state index contributed by atoms with van der Waals surface area (Å²) < 4.78 is 35.7. The number of halogens is 2. The lowest BCUT2D eigenvalue weighted by Crippen LogP contribution is -2.06. The van der Waals surface area contributed by atoms with E-state index in [1.807, 2.05) is 0 Å². The van der Waals surface area contributed by atoms with Gasteiger partial charge in [-0.1, -0.05) is 0 Å². The van der Waals surface area contributed by atoms with E-state index in [1.54, 1.807) is 0 Å². The Labute approximate surface area is 77.4 Å². The molecule has 0 aliphatic carbocycles. The summed E-state index contributed by atoms with van der Waals surface area (Å²) in [6.45, 7) is 0. The summed E-state index contributed by atoms with van der Waals surface area (Å²) in [6.07, 6.45) is 1.24. The summed E-state index contributed by atoms with van der Waals surface area (Å²) in [4.78, 5) is 0. The number of rotatable bonds is 2. The van der Waals surface area contributed by atoms with Crippen LogP contribution in [0.4, 0.5) is 8.78 Å². The first kappa shape index (κ1) is 10.2. The second kappa shape index (κ2) is 4.36. The van der Waals surface area contributed by atoms with Gasteiger partial charge < -0.3 is 4.55 Å². The zero-order valence-electron chi connectivity index (χ0n) is 6.54. The molecule has 0 saturated heterocycles. The molecule has 2 nitrogen and oxygen atoms in total. The van der Waals surface area contributed by atoms with E-state index in [0.717, 1.165) is 17.5 Å². The average Bonchev–Trinajstić information content (AvgIpc) is 2.02. The Morgan fingerprint density at radius 3 is 2.62 bits per heavy atom. The second-order valence-electron chi connectivity index (χ2n) is 2.30. The van der Waals surface area contributed by atoms with Crippen LogP contribution in [0.1, 0.15) is 5.56 Å². The first-order valence-electron chi connectivity index (χ1n) is 3.38. The van der Waals surface area contributed by atoms with E-state index in [1.165, 1.54) is 12.1 Å². The molecule has 13 heavy (non-hydrogen) atoms. The molecule has 1 atom stereocenters. The summed E-state index contributed by atoms with van der Waals surface area (Å²) in [5, 5.41) is 6.03. The van der Waals surface area contributed by atoms with E-state index >= 15 is 0 Å². The average molecular weight is 203 g/mol. The zero-order chi connectivity index (χ0) is 9.84. The molecule has 0 heterocycles. The molecule has 1 unspecified atom stereocenters. The quantitative estimate of drug-likeness (QED) is 0.741. The van der Waals surface area contributed by atoms with Gasteiger partial charge in [-0.15, -0.1) is 5.14 Å². The van der Waals surface area contributed by atoms with Gasteiger partial charge in [0.1, 0.15) is 17.0 Å². The molecule has 1 aromatic rings. The predicted molar refractivity (Wildman–Crippen MR) is 47.7 cm³/mol. The van der Waals surface area contributed by atoms with E-state index < -0.39 is 23.0 Å². The van der Waals surface area contributed by atoms with E-state index in [4.69, 9.17) is 5.14 Å². The Kier molecular flexibility index (Phi) is 3.41. The van der Waals surface area contributed by atoms with E-state index in [9.17, 15) is 13.3 Å². The summed E-state index contributed by atoms with van der Waals surface area (Å²) in [5.41, 5.74) is 0.153. The lowest BCUT2D eigenvalue weighted by atomic mass is 10.2. The third-order valence-electron chi connectivity index (χ3n) is 1.34. The van der Waals surface area contributed by atoms with Gasteiger partial charge >= 0.3 is 0 Å². The van der Waals surface area contributed by atoms with Gasteiger partial charge in [-0.2, -0.15) is 0 Å². The zero-order valence-corrected chi connectivity index (χ0v) is 7.35. The van der Waals surface area contributed by atoms with Crippen LogP contribution in [0.25, 0.3) is 6.08 Å². The fraction of sp³-hybridized carbons (Fsp3) is 0. The molecule has 0 fully saturated rings. The van der Waals surface area contributed by atoms with Crippen LogP contribution in [0.3, 0.4) is 0 Å². The molecule has 1 rings (SSSR count). The van der Waals surface area contributed by atoms with Crippen LogP contribution in [0.15, 0.2) is 23.6 Å². The largest absolute Gasteiger partial charge is 0.594 e. The van der Waals surface area contributed by atoms with Gasteiger partial charge in [0.15, 0.2) is 0 Å². The van der Waals surface area contributed by atoms with Gasteiger partial charge in [0.2, 0.25) is 0 Å². The highest BCUT2D eigenvalue weighted by Crippen LogP contribution is 2.11. The molecular formula is C8H7F2NOS. The van der Waals surface area contributed by atoms with Gasteiger partial charge in [-0.3, -0.25) is 0 Å². The third kappa shape index (κ3) is 3.14. The van der Waals surface area contributed by atoms with Gasteiger partial charge in [0.25, 0.3) is 0 Å². The van der Waals surface area contributed by atoms with Crippen LogP contribution in [0.5, 0.6) is 0 Å². The summed E-state index contributed by atoms with van der Waals surface area (Å²) in [7, 11) is 0. The number of benzene rings is 1. The second-order valence-corrected chi connectivity index (χ2v) is 3.23. The first-order chi connectivity index (χ1) is 6.09. The number of hydrogen-bond acceptors (Lipinski definition) is 2. The van der Waals surface area contributed by atoms with Crippen molar-refractivity contribution in [3.8, 4) is 0 Å². The molecule has 0 aliphatic heterocycles. The summed E-state index contributed by atoms with van der Waals surface area (Å²) >= 11 is -1.62. The normalized spacial score (nSPS) is 13.5. The lowest BCUT2D eigenvalue weighted by molar-refractivity contribution is 0.581. The fourth-order valence-corrected chi connectivity index (χ4v) is 1.06. The van der Waals surface area contributed by atoms with E-state index in [-0.39, 0.29) is 5.56 Å². The minimum atomic E-state index is -1.62. The molecule has 0 bridgehead atoms. The number of hydrogen-bond donors (Lipinski definition) is 1. The molecule has 0 aromatic heterocycles. The Hall–Kier alpha value is -0.910. The fourth-order valence-electron chi connectivity index (χ4n) is 0.777. The minimum Gasteiger partial charge on any atom is -0.594 e. The maximum atomic E-state index is 12.9. The molecule has 0 amide bonds. The van der Waals surface area contributed by atoms with E-state index in [0.29, 0.717) is 0 Å². The number of nitrogens with two attached hydrogens (primary N) is 1.